The molecule has 8 heteroatoms. The third-order valence-corrected chi connectivity index (χ3v) is 7.75. The minimum absolute atomic E-state index is 0.163. The van der Waals surface area contributed by atoms with Gasteiger partial charge in [-0.15, -0.1) is 0 Å². The number of carbonyl (C=O) groups excluding carboxylic acids is 2. The predicted molar refractivity (Wildman–Crippen MR) is 157 cm³/mol. The molecule has 0 heterocycles. The van der Waals surface area contributed by atoms with Crippen LogP contribution in [0, 0.1) is 19.8 Å². The summed E-state index contributed by atoms with van der Waals surface area (Å²) in [7, 11) is -3.79. The normalized spacial score (nSPS) is 12.2. The van der Waals surface area contributed by atoms with Crippen molar-refractivity contribution in [2.45, 2.75) is 46.7 Å². The number of anilines is 1. The van der Waals surface area contributed by atoms with E-state index >= 15 is 0 Å². The highest BCUT2D eigenvalue weighted by atomic mass is 32.2. The Kier molecular flexibility index (Phi) is 10.3. The van der Waals surface area contributed by atoms with Gasteiger partial charge in [0, 0.05) is 19.5 Å². The molecular weight excluding hydrogens is 510 g/mol. The second-order valence-electron chi connectivity index (χ2n) is 10.4. The second-order valence-corrected chi connectivity index (χ2v) is 12.3. The van der Waals surface area contributed by atoms with E-state index in [1.165, 1.54) is 4.90 Å². The summed E-state index contributed by atoms with van der Waals surface area (Å²) in [5.74, 6) is -0.493. The maximum atomic E-state index is 14.0. The third-order valence-electron chi connectivity index (χ3n) is 6.61. The number of amides is 2. The average molecular weight is 550 g/mol. The number of benzene rings is 3. The lowest BCUT2D eigenvalue weighted by molar-refractivity contribution is -0.140. The standard InChI is InChI=1S/C31H39N3O4S/c1-23(2)20-32-31(36)29(19-26-12-8-6-9-13-26)33(21-27-14-10-7-11-15-27)30(35)22-34(39(5,37)38)28-17-16-24(3)25(4)18-28/h6-18,23,29H,19-22H2,1-5H3,(H,32,36)/t29-/m0/s1. The van der Waals surface area contributed by atoms with Gasteiger partial charge in [-0.3, -0.25) is 13.9 Å². The van der Waals surface area contributed by atoms with Gasteiger partial charge in [-0.1, -0.05) is 80.6 Å². The lowest BCUT2D eigenvalue weighted by Gasteiger charge is -2.33. The molecule has 0 fully saturated rings. The molecule has 0 unspecified atom stereocenters. The van der Waals surface area contributed by atoms with Crippen molar-refractivity contribution in [3.05, 3.63) is 101 Å². The predicted octanol–water partition coefficient (Wildman–Crippen LogP) is 4.48. The first-order valence-corrected chi connectivity index (χ1v) is 15.0. The van der Waals surface area contributed by atoms with Gasteiger partial charge in [0.1, 0.15) is 12.6 Å². The summed E-state index contributed by atoms with van der Waals surface area (Å²) in [6.07, 6.45) is 1.39. The molecule has 39 heavy (non-hydrogen) atoms. The van der Waals surface area contributed by atoms with Crippen LogP contribution >= 0.6 is 0 Å². The van der Waals surface area contributed by atoms with Crippen molar-refractivity contribution in [1.29, 1.82) is 0 Å². The van der Waals surface area contributed by atoms with Gasteiger partial charge in [-0.2, -0.15) is 0 Å². The van der Waals surface area contributed by atoms with Crippen LogP contribution in [-0.4, -0.2) is 50.5 Å². The lowest BCUT2D eigenvalue weighted by Crippen LogP contribution is -2.53. The largest absolute Gasteiger partial charge is 0.354 e. The smallest absolute Gasteiger partial charge is 0.244 e. The fourth-order valence-electron chi connectivity index (χ4n) is 4.25. The lowest BCUT2D eigenvalue weighted by atomic mass is 10.0. The number of aryl methyl sites for hydroxylation is 2. The molecule has 3 aromatic rings. The molecule has 0 saturated carbocycles. The fraction of sp³-hybridized carbons (Fsp3) is 0.355. The number of sulfonamides is 1. The second kappa shape index (κ2) is 13.4. The van der Waals surface area contributed by atoms with Gasteiger partial charge in [0.15, 0.2) is 0 Å². The molecule has 1 atom stereocenters. The molecule has 0 bridgehead atoms. The van der Waals surface area contributed by atoms with Gasteiger partial charge in [0.25, 0.3) is 0 Å². The minimum atomic E-state index is -3.79. The van der Waals surface area contributed by atoms with Gasteiger partial charge >= 0.3 is 0 Å². The van der Waals surface area contributed by atoms with Gasteiger partial charge in [-0.05, 0) is 54.2 Å². The van der Waals surface area contributed by atoms with Crippen molar-refractivity contribution in [3.8, 4) is 0 Å². The molecule has 0 saturated heterocycles. The van der Waals surface area contributed by atoms with E-state index < -0.39 is 28.5 Å². The molecule has 0 radical (unpaired) electrons. The number of nitrogens with one attached hydrogen (secondary N) is 1. The zero-order valence-corrected chi connectivity index (χ0v) is 24.2. The van der Waals surface area contributed by atoms with Crippen LogP contribution in [0.2, 0.25) is 0 Å². The highest BCUT2D eigenvalue weighted by molar-refractivity contribution is 7.92. The van der Waals surface area contributed by atoms with Crippen LogP contribution in [0.3, 0.4) is 0 Å². The Hall–Kier alpha value is -3.65. The van der Waals surface area contributed by atoms with Crippen molar-refractivity contribution >= 4 is 27.5 Å². The first-order valence-electron chi connectivity index (χ1n) is 13.2. The molecular formula is C31H39N3O4S. The molecule has 0 aliphatic heterocycles. The van der Waals surface area contributed by atoms with Crippen LogP contribution in [0.5, 0.6) is 0 Å². The molecule has 208 valence electrons. The Morgan fingerprint density at radius 3 is 1.97 bits per heavy atom. The number of hydrogen-bond acceptors (Lipinski definition) is 4. The van der Waals surface area contributed by atoms with E-state index in [0.29, 0.717) is 18.7 Å². The SMILES string of the molecule is Cc1ccc(N(CC(=O)N(Cc2ccccc2)[C@@H](Cc2ccccc2)C(=O)NCC(C)C)S(C)(=O)=O)cc1C. The van der Waals surface area contributed by atoms with Gasteiger partial charge in [-0.25, -0.2) is 8.42 Å². The van der Waals surface area contributed by atoms with E-state index in [2.05, 4.69) is 5.32 Å². The summed E-state index contributed by atoms with van der Waals surface area (Å²) < 4.78 is 26.9. The highest BCUT2D eigenvalue weighted by Crippen LogP contribution is 2.23. The minimum Gasteiger partial charge on any atom is -0.354 e. The summed E-state index contributed by atoms with van der Waals surface area (Å²) >= 11 is 0. The Morgan fingerprint density at radius 1 is 0.846 bits per heavy atom. The molecule has 0 aliphatic carbocycles. The van der Waals surface area contributed by atoms with E-state index in [0.717, 1.165) is 32.8 Å². The summed E-state index contributed by atoms with van der Waals surface area (Å²) in [4.78, 5) is 29.1. The van der Waals surface area contributed by atoms with Crippen molar-refractivity contribution in [2.75, 3.05) is 23.7 Å². The van der Waals surface area contributed by atoms with Crippen LogP contribution in [0.25, 0.3) is 0 Å². The summed E-state index contributed by atoms with van der Waals surface area (Å²) in [6, 6.07) is 23.4. The van der Waals surface area contributed by atoms with Crippen LogP contribution in [0.4, 0.5) is 5.69 Å². The van der Waals surface area contributed by atoms with Crippen molar-refractivity contribution in [1.82, 2.24) is 10.2 Å². The number of hydrogen-bond donors (Lipinski definition) is 1. The molecule has 3 rings (SSSR count). The van der Waals surface area contributed by atoms with Crippen LogP contribution < -0.4 is 9.62 Å². The van der Waals surface area contributed by atoms with Crippen molar-refractivity contribution in [2.24, 2.45) is 5.92 Å². The zero-order chi connectivity index (χ0) is 28.6. The molecule has 0 aromatic heterocycles. The maximum absolute atomic E-state index is 14.0. The van der Waals surface area contributed by atoms with Crippen molar-refractivity contribution in [3.63, 3.8) is 0 Å². The monoisotopic (exact) mass is 549 g/mol. The highest BCUT2D eigenvalue weighted by Gasteiger charge is 2.33. The average Bonchev–Trinajstić information content (AvgIpc) is 2.90. The summed E-state index contributed by atoms with van der Waals surface area (Å²) in [5.41, 5.74) is 4.11. The van der Waals surface area contributed by atoms with Gasteiger partial charge < -0.3 is 10.2 Å². The van der Waals surface area contributed by atoms with Crippen LogP contribution in [0.1, 0.15) is 36.1 Å². The molecule has 0 aliphatic rings. The van der Waals surface area contributed by atoms with Crippen LogP contribution in [-0.2, 0) is 32.6 Å². The number of nitrogens with zero attached hydrogens (tertiary/aromatic N) is 2. The van der Waals surface area contributed by atoms with E-state index in [4.69, 9.17) is 0 Å². The zero-order valence-electron chi connectivity index (χ0n) is 23.4. The summed E-state index contributed by atoms with van der Waals surface area (Å²) in [5, 5.41) is 2.99. The number of rotatable bonds is 12. The molecule has 2 amide bonds. The Bertz CT molecular complexity index is 1360. The van der Waals surface area contributed by atoms with E-state index in [1.807, 2.05) is 94.4 Å². The van der Waals surface area contributed by atoms with Crippen molar-refractivity contribution < 1.29 is 18.0 Å². The third kappa shape index (κ3) is 8.68. The van der Waals surface area contributed by atoms with E-state index in [-0.39, 0.29) is 18.4 Å². The molecule has 3 aromatic carbocycles. The fourth-order valence-corrected chi connectivity index (χ4v) is 5.09. The Balaban J connectivity index is 2.03. The summed E-state index contributed by atoms with van der Waals surface area (Å²) in [6.45, 7) is 8.07. The quantitative estimate of drug-likeness (QED) is 0.361. The van der Waals surface area contributed by atoms with Crippen LogP contribution in [0.15, 0.2) is 78.9 Å². The van der Waals surface area contributed by atoms with Gasteiger partial charge in [0.2, 0.25) is 21.8 Å². The van der Waals surface area contributed by atoms with Gasteiger partial charge in [0.05, 0.1) is 11.9 Å². The molecule has 1 N–H and O–H groups in total. The Morgan fingerprint density at radius 2 is 1.44 bits per heavy atom. The first-order chi connectivity index (χ1) is 18.5. The molecule has 7 nitrogen and oxygen atoms in total. The number of carbonyl (C=O) groups is 2. The Labute approximate surface area is 232 Å². The topological polar surface area (TPSA) is 86.8 Å². The first kappa shape index (κ1) is 29.9. The maximum Gasteiger partial charge on any atom is 0.244 e. The van der Waals surface area contributed by atoms with E-state index in [9.17, 15) is 18.0 Å². The molecule has 0 spiro atoms. The van der Waals surface area contributed by atoms with E-state index in [1.54, 1.807) is 12.1 Å².